The van der Waals surface area contributed by atoms with Gasteiger partial charge in [-0.3, -0.25) is 0 Å². The molecule has 0 radical (unpaired) electrons. The van der Waals surface area contributed by atoms with Crippen LogP contribution in [0, 0.1) is 13.8 Å². The van der Waals surface area contributed by atoms with E-state index < -0.39 is 0 Å². The van der Waals surface area contributed by atoms with Gasteiger partial charge in [-0.1, -0.05) is 29.3 Å². The average molecular weight is 190 g/mol. The van der Waals surface area contributed by atoms with Crippen LogP contribution in [-0.2, 0) is 0 Å². The van der Waals surface area contributed by atoms with Crippen LogP contribution in [0.15, 0.2) is 18.2 Å². The second kappa shape index (κ2) is 4.14. The van der Waals surface area contributed by atoms with E-state index in [4.69, 9.17) is 0 Å². The Hall–Kier alpha value is -0.820. The molecule has 1 heteroatoms. The molecule has 0 aliphatic carbocycles. The van der Waals surface area contributed by atoms with Crippen molar-refractivity contribution in [3.63, 3.8) is 0 Å². The zero-order valence-corrected chi connectivity index (χ0v) is 9.22. The van der Waals surface area contributed by atoms with Crippen molar-refractivity contribution in [3.8, 4) is 0 Å². The Morgan fingerprint density at radius 1 is 1.07 bits per heavy atom. The first-order valence-electron chi connectivity index (χ1n) is 5.67. The molecule has 1 aliphatic heterocycles. The fourth-order valence-electron chi connectivity index (χ4n) is 2.47. The number of rotatable bonds is 1. The Morgan fingerprint density at radius 3 is 2.36 bits per heavy atom. The number of nitrogens with two attached hydrogens (primary N) is 1. The van der Waals surface area contributed by atoms with E-state index in [0.29, 0.717) is 0 Å². The van der Waals surface area contributed by atoms with Crippen molar-refractivity contribution in [2.75, 3.05) is 6.54 Å². The fourth-order valence-corrected chi connectivity index (χ4v) is 2.47. The maximum absolute atomic E-state index is 2.50. The minimum absolute atomic E-state index is 0.724. The van der Waals surface area contributed by atoms with Gasteiger partial charge < -0.3 is 5.32 Å². The molecule has 1 aromatic carbocycles. The second-order valence-electron chi connectivity index (χ2n) is 4.55. The molecule has 1 nitrogen and oxygen atoms in total. The van der Waals surface area contributed by atoms with Crippen molar-refractivity contribution in [2.24, 2.45) is 0 Å². The van der Waals surface area contributed by atoms with Gasteiger partial charge >= 0.3 is 0 Å². The Kier molecular flexibility index (Phi) is 2.87. The molecule has 0 saturated carbocycles. The molecule has 1 fully saturated rings. The number of hydrogen-bond donors (Lipinski definition) is 1. The molecule has 0 bridgehead atoms. The topological polar surface area (TPSA) is 16.6 Å². The Balaban J connectivity index is 2.21. The zero-order chi connectivity index (χ0) is 9.97. The van der Waals surface area contributed by atoms with Crippen LogP contribution in [-0.4, -0.2) is 6.54 Å². The molecule has 2 N–H and O–H groups in total. The number of aryl methyl sites for hydroxylation is 2. The SMILES string of the molecule is Cc1cc(C)cc([C@H]2CCCC[NH2+]2)c1. The standard InChI is InChI=1S/C13H19N/c1-10-7-11(2)9-12(8-10)13-5-3-4-6-14-13/h7-9,13-14H,3-6H2,1-2H3/p+1/t13-/m1/s1. The molecule has 1 aliphatic rings. The molecular weight excluding hydrogens is 170 g/mol. The summed E-state index contributed by atoms with van der Waals surface area (Å²) < 4.78 is 0. The summed E-state index contributed by atoms with van der Waals surface area (Å²) in [7, 11) is 0. The van der Waals surface area contributed by atoms with Crippen molar-refractivity contribution in [1.82, 2.24) is 0 Å². The summed E-state index contributed by atoms with van der Waals surface area (Å²) in [5, 5.41) is 2.50. The highest BCUT2D eigenvalue weighted by atomic mass is 14.9. The molecule has 1 atom stereocenters. The van der Waals surface area contributed by atoms with Crippen LogP contribution in [0.5, 0.6) is 0 Å². The van der Waals surface area contributed by atoms with Gasteiger partial charge in [-0.2, -0.15) is 0 Å². The van der Waals surface area contributed by atoms with Crippen LogP contribution in [0.1, 0.15) is 42.0 Å². The predicted molar refractivity (Wildman–Crippen MR) is 59.3 cm³/mol. The van der Waals surface area contributed by atoms with Crippen molar-refractivity contribution in [1.29, 1.82) is 0 Å². The van der Waals surface area contributed by atoms with E-state index in [1.54, 1.807) is 0 Å². The molecule has 0 aromatic heterocycles. The first-order valence-corrected chi connectivity index (χ1v) is 5.67. The monoisotopic (exact) mass is 190 g/mol. The van der Waals surface area contributed by atoms with Crippen molar-refractivity contribution in [3.05, 3.63) is 34.9 Å². The molecule has 0 spiro atoms. The third-order valence-corrected chi connectivity index (χ3v) is 3.09. The van der Waals surface area contributed by atoms with E-state index in [1.807, 2.05) is 0 Å². The minimum atomic E-state index is 0.724. The molecule has 1 saturated heterocycles. The number of hydrogen-bond acceptors (Lipinski definition) is 0. The van der Waals surface area contributed by atoms with Crippen molar-refractivity contribution < 1.29 is 5.32 Å². The predicted octanol–water partition coefficient (Wildman–Crippen LogP) is 2.09. The summed E-state index contributed by atoms with van der Waals surface area (Å²) in [5.74, 6) is 0. The lowest BCUT2D eigenvalue weighted by Crippen LogP contribution is -2.86. The first kappa shape index (κ1) is 9.72. The van der Waals surface area contributed by atoms with Gasteiger partial charge in [0.25, 0.3) is 0 Å². The van der Waals surface area contributed by atoms with Crippen LogP contribution in [0.25, 0.3) is 0 Å². The van der Waals surface area contributed by atoms with Gasteiger partial charge in [-0.15, -0.1) is 0 Å². The van der Waals surface area contributed by atoms with E-state index in [-0.39, 0.29) is 0 Å². The summed E-state index contributed by atoms with van der Waals surface area (Å²) in [6.45, 7) is 5.69. The van der Waals surface area contributed by atoms with Gasteiger partial charge in [-0.05, 0) is 26.7 Å². The van der Waals surface area contributed by atoms with Crippen molar-refractivity contribution >= 4 is 0 Å². The average Bonchev–Trinajstić information content (AvgIpc) is 2.18. The molecule has 0 unspecified atom stereocenters. The first-order chi connectivity index (χ1) is 6.75. The van der Waals surface area contributed by atoms with Crippen LogP contribution < -0.4 is 5.32 Å². The van der Waals surface area contributed by atoms with Gasteiger partial charge in [0.1, 0.15) is 6.04 Å². The Labute approximate surface area is 86.5 Å². The van der Waals surface area contributed by atoms with Crippen LogP contribution in [0.2, 0.25) is 0 Å². The van der Waals surface area contributed by atoms with E-state index in [0.717, 1.165) is 6.04 Å². The van der Waals surface area contributed by atoms with E-state index in [2.05, 4.69) is 37.4 Å². The third kappa shape index (κ3) is 2.16. The maximum Gasteiger partial charge on any atom is 0.112 e. The lowest BCUT2D eigenvalue weighted by molar-refractivity contribution is -0.704. The summed E-state index contributed by atoms with van der Waals surface area (Å²) in [6, 6.07) is 7.67. The van der Waals surface area contributed by atoms with Gasteiger partial charge in [0, 0.05) is 12.0 Å². The highest BCUT2D eigenvalue weighted by Gasteiger charge is 2.18. The molecule has 14 heavy (non-hydrogen) atoms. The smallest absolute Gasteiger partial charge is 0.112 e. The van der Waals surface area contributed by atoms with Gasteiger partial charge in [0.15, 0.2) is 0 Å². The largest absolute Gasteiger partial charge is 0.340 e. The van der Waals surface area contributed by atoms with Crippen LogP contribution >= 0.6 is 0 Å². The van der Waals surface area contributed by atoms with Crippen molar-refractivity contribution in [2.45, 2.75) is 39.2 Å². The zero-order valence-electron chi connectivity index (χ0n) is 9.22. The molecule has 76 valence electrons. The highest BCUT2D eigenvalue weighted by molar-refractivity contribution is 5.29. The summed E-state index contributed by atoms with van der Waals surface area (Å²) in [6.07, 6.45) is 4.14. The Morgan fingerprint density at radius 2 is 1.79 bits per heavy atom. The Bertz CT molecular complexity index is 291. The second-order valence-corrected chi connectivity index (χ2v) is 4.55. The number of benzene rings is 1. The number of piperidine rings is 1. The minimum Gasteiger partial charge on any atom is -0.340 e. The fraction of sp³-hybridized carbons (Fsp3) is 0.538. The number of quaternary nitrogens is 1. The lowest BCUT2D eigenvalue weighted by Gasteiger charge is -2.21. The molecule has 0 amide bonds. The molecular formula is C13H20N+. The summed E-state index contributed by atoms with van der Waals surface area (Å²) in [5.41, 5.74) is 4.33. The van der Waals surface area contributed by atoms with Gasteiger partial charge in [-0.25, -0.2) is 0 Å². The molecule has 2 rings (SSSR count). The summed E-state index contributed by atoms with van der Waals surface area (Å²) in [4.78, 5) is 0. The lowest BCUT2D eigenvalue weighted by atomic mass is 9.95. The quantitative estimate of drug-likeness (QED) is 0.698. The van der Waals surface area contributed by atoms with E-state index in [1.165, 1.54) is 42.5 Å². The van der Waals surface area contributed by atoms with Crippen LogP contribution in [0.3, 0.4) is 0 Å². The summed E-state index contributed by atoms with van der Waals surface area (Å²) >= 11 is 0. The van der Waals surface area contributed by atoms with E-state index >= 15 is 0 Å². The normalized spacial score (nSPS) is 22.3. The van der Waals surface area contributed by atoms with Gasteiger partial charge in [0.2, 0.25) is 0 Å². The molecule has 1 heterocycles. The maximum atomic E-state index is 2.50. The third-order valence-electron chi connectivity index (χ3n) is 3.09. The highest BCUT2D eigenvalue weighted by Crippen LogP contribution is 2.20. The molecule has 1 aromatic rings. The van der Waals surface area contributed by atoms with Gasteiger partial charge in [0.05, 0.1) is 6.54 Å². The van der Waals surface area contributed by atoms with E-state index in [9.17, 15) is 0 Å². The van der Waals surface area contributed by atoms with Crippen LogP contribution in [0.4, 0.5) is 0 Å².